The quantitative estimate of drug-likeness (QED) is 0.838. The van der Waals surface area contributed by atoms with Crippen molar-refractivity contribution < 1.29 is 4.79 Å². The number of nitrogens with zero attached hydrogens (tertiary/aromatic N) is 2. The van der Waals surface area contributed by atoms with Gasteiger partial charge in [0.05, 0.1) is 17.6 Å². The van der Waals surface area contributed by atoms with Crippen LogP contribution in [0.5, 0.6) is 0 Å². The molecule has 0 aliphatic carbocycles. The monoisotopic (exact) mass is 259 g/mol. The second kappa shape index (κ2) is 5.53. The zero-order valence-corrected chi connectivity index (χ0v) is 12.0. The molecule has 0 fully saturated rings. The Morgan fingerprint density at radius 1 is 1.42 bits per heavy atom. The number of carbonyl (C=O) groups is 1. The maximum atomic E-state index is 12.1. The van der Waals surface area contributed by atoms with Crippen molar-refractivity contribution in [3.63, 3.8) is 0 Å². The van der Waals surface area contributed by atoms with E-state index in [9.17, 15) is 4.79 Å². The van der Waals surface area contributed by atoms with E-state index in [1.807, 2.05) is 39.1 Å². The molecule has 0 unspecified atom stereocenters. The van der Waals surface area contributed by atoms with Gasteiger partial charge in [0.2, 0.25) is 0 Å². The molecular weight excluding hydrogens is 238 g/mol. The Morgan fingerprint density at radius 3 is 2.79 bits per heavy atom. The Morgan fingerprint density at radius 2 is 2.16 bits per heavy atom. The molecule has 1 N–H and O–H groups in total. The number of benzene rings is 1. The van der Waals surface area contributed by atoms with Crippen molar-refractivity contribution in [1.29, 1.82) is 0 Å². The number of carbonyl (C=O) groups excluding carboxylic acids is 1. The van der Waals surface area contributed by atoms with Gasteiger partial charge in [0.15, 0.2) is 5.78 Å². The summed E-state index contributed by atoms with van der Waals surface area (Å²) in [5.74, 6) is 1.15. The Bertz CT molecular complexity index is 599. The van der Waals surface area contributed by atoms with Crippen molar-refractivity contribution >= 4 is 16.8 Å². The van der Waals surface area contributed by atoms with Crippen LogP contribution in [0.15, 0.2) is 18.2 Å². The highest BCUT2D eigenvalue weighted by atomic mass is 16.1. The zero-order chi connectivity index (χ0) is 14.0. The highest BCUT2D eigenvalue weighted by Gasteiger charge is 2.11. The van der Waals surface area contributed by atoms with Crippen LogP contribution in [0.25, 0.3) is 11.0 Å². The van der Waals surface area contributed by atoms with Gasteiger partial charge in [0.1, 0.15) is 5.82 Å². The topological polar surface area (TPSA) is 46.9 Å². The Balaban J connectivity index is 2.28. The average Bonchev–Trinajstić information content (AvgIpc) is 2.72. The number of hydrogen-bond donors (Lipinski definition) is 1. The van der Waals surface area contributed by atoms with Crippen LogP contribution in [0.1, 0.15) is 37.0 Å². The lowest BCUT2D eigenvalue weighted by molar-refractivity contribution is 0.0988. The Hall–Kier alpha value is -1.68. The van der Waals surface area contributed by atoms with Gasteiger partial charge in [-0.2, -0.15) is 0 Å². The van der Waals surface area contributed by atoms with E-state index in [1.54, 1.807) is 0 Å². The largest absolute Gasteiger partial charge is 0.331 e. The lowest BCUT2D eigenvalue weighted by Gasteiger charge is -2.07. The van der Waals surface area contributed by atoms with Gasteiger partial charge in [-0.25, -0.2) is 4.98 Å². The number of ketones is 1. The fraction of sp³-hybridized carbons (Fsp3) is 0.467. The van der Waals surface area contributed by atoms with Crippen molar-refractivity contribution in [2.75, 3.05) is 6.54 Å². The molecule has 0 aliphatic rings. The van der Waals surface area contributed by atoms with Crippen LogP contribution in [-0.4, -0.2) is 27.9 Å². The fourth-order valence-corrected chi connectivity index (χ4v) is 2.14. The summed E-state index contributed by atoms with van der Waals surface area (Å²) in [6, 6.07) is 6.06. The lowest BCUT2D eigenvalue weighted by Crippen LogP contribution is -2.29. The van der Waals surface area contributed by atoms with Crippen molar-refractivity contribution in [1.82, 2.24) is 14.9 Å². The van der Waals surface area contributed by atoms with E-state index in [0.717, 1.165) is 28.8 Å². The number of hydrogen-bond acceptors (Lipinski definition) is 3. The molecule has 0 amide bonds. The Kier molecular flexibility index (Phi) is 4.00. The molecule has 1 aromatic heterocycles. The summed E-state index contributed by atoms with van der Waals surface area (Å²) in [7, 11) is 2.01. The molecular formula is C15H21N3O. The van der Waals surface area contributed by atoms with Gasteiger partial charge < -0.3 is 9.88 Å². The fourth-order valence-electron chi connectivity index (χ4n) is 2.14. The third kappa shape index (κ3) is 2.84. The molecule has 0 atom stereocenters. The summed E-state index contributed by atoms with van der Waals surface area (Å²) in [5.41, 5.74) is 2.70. The highest BCUT2D eigenvalue weighted by Crippen LogP contribution is 2.17. The summed E-state index contributed by atoms with van der Waals surface area (Å²) in [4.78, 5) is 16.6. The number of Topliss-reactive ketones (excluding diaryl/α,β-unsaturated/α-hetero) is 1. The van der Waals surface area contributed by atoms with Crippen molar-refractivity contribution in [2.24, 2.45) is 7.05 Å². The SMILES string of the molecule is CCc1nc2cc(C(=O)CNC(C)C)ccc2n1C. The number of fused-ring (bicyclic) bond motifs is 1. The Labute approximate surface area is 113 Å². The van der Waals surface area contributed by atoms with Crippen LogP contribution >= 0.6 is 0 Å². The second-order valence-corrected chi connectivity index (χ2v) is 5.10. The number of aryl methyl sites for hydroxylation is 2. The van der Waals surface area contributed by atoms with Gasteiger partial charge in [-0.15, -0.1) is 0 Å². The third-order valence-corrected chi connectivity index (χ3v) is 3.28. The molecule has 102 valence electrons. The molecule has 2 aromatic rings. The molecule has 4 nitrogen and oxygen atoms in total. The van der Waals surface area contributed by atoms with Crippen LogP contribution in [-0.2, 0) is 13.5 Å². The van der Waals surface area contributed by atoms with Gasteiger partial charge in [-0.05, 0) is 18.2 Å². The third-order valence-electron chi connectivity index (χ3n) is 3.28. The molecule has 0 saturated carbocycles. The minimum absolute atomic E-state index is 0.110. The van der Waals surface area contributed by atoms with Crippen LogP contribution in [0.2, 0.25) is 0 Å². The van der Waals surface area contributed by atoms with Gasteiger partial charge in [0.25, 0.3) is 0 Å². The molecule has 1 heterocycles. The van der Waals surface area contributed by atoms with E-state index in [1.165, 1.54) is 0 Å². The van der Waals surface area contributed by atoms with Crippen molar-refractivity contribution in [2.45, 2.75) is 33.2 Å². The van der Waals surface area contributed by atoms with Gasteiger partial charge in [-0.1, -0.05) is 20.8 Å². The first-order valence-electron chi connectivity index (χ1n) is 6.74. The van der Waals surface area contributed by atoms with Gasteiger partial charge in [0, 0.05) is 25.1 Å². The molecule has 19 heavy (non-hydrogen) atoms. The first-order valence-corrected chi connectivity index (χ1v) is 6.74. The minimum Gasteiger partial charge on any atom is -0.331 e. The molecule has 0 radical (unpaired) electrons. The summed E-state index contributed by atoms with van der Waals surface area (Å²) in [6.07, 6.45) is 0.892. The van der Waals surface area contributed by atoms with Crippen LogP contribution < -0.4 is 5.32 Å². The van der Waals surface area contributed by atoms with Gasteiger partial charge in [-0.3, -0.25) is 4.79 Å². The summed E-state index contributed by atoms with van der Waals surface area (Å²) in [5, 5.41) is 3.14. The van der Waals surface area contributed by atoms with Crippen molar-refractivity contribution in [3.05, 3.63) is 29.6 Å². The maximum absolute atomic E-state index is 12.1. The number of imidazole rings is 1. The van der Waals surface area contributed by atoms with E-state index in [-0.39, 0.29) is 5.78 Å². The van der Waals surface area contributed by atoms with Gasteiger partial charge >= 0.3 is 0 Å². The lowest BCUT2D eigenvalue weighted by atomic mass is 10.1. The van der Waals surface area contributed by atoms with E-state index >= 15 is 0 Å². The highest BCUT2D eigenvalue weighted by molar-refractivity contribution is 6.00. The van der Waals surface area contributed by atoms with E-state index in [2.05, 4.69) is 21.8 Å². The predicted molar refractivity (Wildman–Crippen MR) is 77.6 cm³/mol. The van der Waals surface area contributed by atoms with E-state index in [4.69, 9.17) is 0 Å². The number of aromatic nitrogens is 2. The number of rotatable bonds is 5. The molecule has 0 saturated heterocycles. The molecule has 4 heteroatoms. The molecule has 0 bridgehead atoms. The van der Waals surface area contributed by atoms with Crippen LogP contribution in [0.3, 0.4) is 0 Å². The normalized spacial score (nSPS) is 11.4. The summed E-state index contributed by atoms with van der Waals surface area (Å²) in [6.45, 7) is 6.52. The minimum atomic E-state index is 0.110. The summed E-state index contributed by atoms with van der Waals surface area (Å²) >= 11 is 0. The van der Waals surface area contributed by atoms with Crippen LogP contribution in [0.4, 0.5) is 0 Å². The number of nitrogens with one attached hydrogen (secondary N) is 1. The maximum Gasteiger partial charge on any atom is 0.176 e. The standard InChI is InChI=1S/C15H21N3O/c1-5-15-17-12-8-11(6-7-13(12)18(15)4)14(19)9-16-10(2)3/h6-8,10,16H,5,9H2,1-4H3. The molecule has 2 rings (SSSR count). The van der Waals surface area contributed by atoms with E-state index in [0.29, 0.717) is 12.6 Å². The molecule has 0 spiro atoms. The average molecular weight is 259 g/mol. The van der Waals surface area contributed by atoms with E-state index < -0.39 is 0 Å². The predicted octanol–water partition coefficient (Wildman–Crippen LogP) is 2.32. The molecule has 1 aromatic carbocycles. The first-order chi connectivity index (χ1) is 9.02. The summed E-state index contributed by atoms with van der Waals surface area (Å²) < 4.78 is 2.08. The molecule has 0 aliphatic heterocycles. The smallest absolute Gasteiger partial charge is 0.176 e. The zero-order valence-electron chi connectivity index (χ0n) is 12.0. The second-order valence-electron chi connectivity index (χ2n) is 5.10. The first kappa shape index (κ1) is 13.7. The van der Waals surface area contributed by atoms with Crippen molar-refractivity contribution in [3.8, 4) is 0 Å². The van der Waals surface area contributed by atoms with Crippen LogP contribution in [0, 0.1) is 0 Å².